The van der Waals surface area contributed by atoms with Crippen LogP contribution in [0.25, 0.3) is 0 Å². The maximum Gasteiger partial charge on any atom is 0.203 e. The molecule has 120 valence electrons. The number of hydrogen-bond donors (Lipinski definition) is 0. The molecule has 1 rings (SSSR count). The van der Waals surface area contributed by atoms with Crippen LogP contribution in [0.15, 0.2) is 17.0 Å². The second kappa shape index (κ2) is 9.76. The first-order chi connectivity index (χ1) is 10.2. The van der Waals surface area contributed by atoms with Crippen LogP contribution >= 0.6 is 11.8 Å². The minimum atomic E-state index is -0.218. The number of thioether (sulfide) groups is 1. The predicted molar refractivity (Wildman–Crippen MR) is 83.9 cm³/mol. The predicted octanol–water partition coefficient (Wildman–Crippen LogP) is 3.20. The molecule has 0 radical (unpaired) electrons. The van der Waals surface area contributed by atoms with Gasteiger partial charge in [0.05, 0.1) is 21.3 Å². The summed E-state index contributed by atoms with van der Waals surface area (Å²) in [7, 11) is 4.80. The zero-order valence-corrected chi connectivity index (χ0v) is 14.1. The molecule has 0 bridgehead atoms. The van der Waals surface area contributed by atoms with E-state index in [0.717, 1.165) is 4.90 Å². The van der Waals surface area contributed by atoms with Crippen molar-refractivity contribution in [2.45, 2.75) is 25.0 Å². The summed E-state index contributed by atoms with van der Waals surface area (Å²) in [6.45, 7) is 5.16. The Morgan fingerprint density at radius 3 is 1.81 bits per heavy atom. The lowest BCUT2D eigenvalue weighted by Gasteiger charge is -2.17. The van der Waals surface area contributed by atoms with E-state index in [0.29, 0.717) is 36.2 Å². The summed E-state index contributed by atoms with van der Waals surface area (Å²) in [5, 5.41) is 0. The zero-order valence-electron chi connectivity index (χ0n) is 13.3. The van der Waals surface area contributed by atoms with Gasteiger partial charge in [-0.15, -0.1) is 11.8 Å². The molecule has 6 heteroatoms. The minimum absolute atomic E-state index is 0.218. The van der Waals surface area contributed by atoms with Gasteiger partial charge in [-0.05, 0) is 26.0 Å². The van der Waals surface area contributed by atoms with Crippen molar-refractivity contribution in [2.75, 3.05) is 40.3 Å². The first-order valence-corrected chi connectivity index (χ1v) is 7.84. The van der Waals surface area contributed by atoms with Crippen LogP contribution in [0.3, 0.4) is 0 Å². The first-order valence-electron chi connectivity index (χ1n) is 6.86. The van der Waals surface area contributed by atoms with Crippen molar-refractivity contribution in [1.82, 2.24) is 0 Å². The van der Waals surface area contributed by atoms with Crippen LogP contribution in [0.1, 0.15) is 13.8 Å². The molecule has 0 spiro atoms. The van der Waals surface area contributed by atoms with Gasteiger partial charge in [0.25, 0.3) is 0 Å². The lowest BCUT2D eigenvalue weighted by atomic mass is 10.3. The molecule has 0 saturated carbocycles. The van der Waals surface area contributed by atoms with Gasteiger partial charge in [0, 0.05) is 23.9 Å². The molecule has 0 aliphatic carbocycles. The van der Waals surface area contributed by atoms with E-state index in [1.807, 2.05) is 26.0 Å². The summed E-state index contributed by atoms with van der Waals surface area (Å²) >= 11 is 1.62. The van der Waals surface area contributed by atoms with Crippen LogP contribution in [0, 0.1) is 0 Å². The van der Waals surface area contributed by atoms with E-state index in [1.165, 1.54) is 0 Å². The van der Waals surface area contributed by atoms with E-state index in [4.69, 9.17) is 23.7 Å². The van der Waals surface area contributed by atoms with E-state index in [2.05, 4.69) is 0 Å². The molecule has 0 aliphatic rings. The van der Waals surface area contributed by atoms with Crippen molar-refractivity contribution in [3.8, 4) is 17.2 Å². The van der Waals surface area contributed by atoms with Crippen molar-refractivity contribution >= 4 is 11.8 Å². The second-order valence-corrected chi connectivity index (χ2v) is 5.11. The van der Waals surface area contributed by atoms with Crippen LogP contribution in [-0.2, 0) is 9.47 Å². The summed E-state index contributed by atoms with van der Waals surface area (Å²) in [5.41, 5.74) is 0. The molecule has 21 heavy (non-hydrogen) atoms. The number of benzene rings is 1. The quantitative estimate of drug-likeness (QED) is 0.488. The summed E-state index contributed by atoms with van der Waals surface area (Å²) in [4.78, 5) is 1.01. The molecule has 0 amide bonds. The summed E-state index contributed by atoms with van der Waals surface area (Å²) < 4.78 is 27.1. The smallest absolute Gasteiger partial charge is 0.203 e. The van der Waals surface area contributed by atoms with Gasteiger partial charge in [0.2, 0.25) is 5.75 Å². The molecule has 0 unspecified atom stereocenters. The average molecular weight is 316 g/mol. The van der Waals surface area contributed by atoms with Crippen LogP contribution < -0.4 is 14.2 Å². The van der Waals surface area contributed by atoms with Crippen LogP contribution in [0.2, 0.25) is 0 Å². The third-order valence-corrected chi connectivity index (χ3v) is 3.74. The SMILES string of the molecule is CCOC(CSc1cc(OC)c(OC)c(OC)c1)OCC. The van der Waals surface area contributed by atoms with Gasteiger partial charge < -0.3 is 23.7 Å². The highest BCUT2D eigenvalue weighted by Gasteiger charge is 2.15. The van der Waals surface area contributed by atoms with Crippen LogP contribution in [0.4, 0.5) is 0 Å². The van der Waals surface area contributed by atoms with Gasteiger partial charge >= 0.3 is 0 Å². The van der Waals surface area contributed by atoms with E-state index < -0.39 is 0 Å². The molecule has 0 N–H and O–H groups in total. The van der Waals surface area contributed by atoms with Gasteiger partial charge in [-0.3, -0.25) is 0 Å². The Kier molecular flexibility index (Phi) is 8.34. The van der Waals surface area contributed by atoms with E-state index in [-0.39, 0.29) is 6.29 Å². The molecule has 0 saturated heterocycles. The maximum absolute atomic E-state index is 5.53. The first kappa shape index (κ1) is 17.9. The third kappa shape index (κ3) is 5.30. The second-order valence-electron chi connectivity index (χ2n) is 4.01. The Balaban J connectivity index is 2.83. The number of rotatable bonds is 10. The molecule has 0 fully saturated rings. The van der Waals surface area contributed by atoms with Gasteiger partial charge in [-0.1, -0.05) is 0 Å². The van der Waals surface area contributed by atoms with Crippen LogP contribution in [-0.4, -0.2) is 46.6 Å². The summed E-state index contributed by atoms with van der Waals surface area (Å²) in [6.07, 6.45) is -0.218. The Hall–Kier alpha value is -1.11. The zero-order chi connectivity index (χ0) is 15.7. The fourth-order valence-corrected chi connectivity index (χ4v) is 2.72. The normalized spacial score (nSPS) is 10.8. The largest absolute Gasteiger partial charge is 0.493 e. The molecule has 0 aliphatic heterocycles. The Labute approximate surface area is 130 Å². The number of hydrogen-bond acceptors (Lipinski definition) is 6. The van der Waals surface area contributed by atoms with Crippen molar-refractivity contribution in [3.05, 3.63) is 12.1 Å². The fraction of sp³-hybridized carbons (Fsp3) is 0.600. The lowest BCUT2D eigenvalue weighted by molar-refractivity contribution is -0.120. The number of ether oxygens (including phenoxy) is 5. The Morgan fingerprint density at radius 1 is 0.905 bits per heavy atom. The monoisotopic (exact) mass is 316 g/mol. The minimum Gasteiger partial charge on any atom is -0.493 e. The Bertz CT molecular complexity index is 394. The van der Waals surface area contributed by atoms with E-state index in [1.54, 1.807) is 33.1 Å². The molecule has 1 aromatic rings. The highest BCUT2D eigenvalue weighted by molar-refractivity contribution is 7.99. The highest BCUT2D eigenvalue weighted by atomic mass is 32.2. The van der Waals surface area contributed by atoms with E-state index >= 15 is 0 Å². The molecule has 0 aromatic heterocycles. The van der Waals surface area contributed by atoms with Gasteiger partial charge in [-0.25, -0.2) is 0 Å². The molecular weight excluding hydrogens is 292 g/mol. The topological polar surface area (TPSA) is 46.2 Å². The summed E-state index contributed by atoms with van der Waals surface area (Å²) in [6, 6.07) is 3.84. The molecular formula is C15H24O5S. The maximum atomic E-state index is 5.53. The standard InChI is InChI=1S/C15H24O5S/c1-6-19-14(20-7-2)10-21-11-8-12(16-3)15(18-5)13(9-11)17-4/h8-9,14H,6-7,10H2,1-5H3. The highest BCUT2D eigenvalue weighted by Crippen LogP contribution is 2.41. The van der Waals surface area contributed by atoms with Gasteiger partial charge in [0.15, 0.2) is 17.8 Å². The molecule has 0 atom stereocenters. The van der Waals surface area contributed by atoms with Crippen LogP contribution in [0.5, 0.6) is 17.2 Å². The summed E-state index contributed by atoms with van der Waals surface area (Å²) in [5.74, 6) is 2.57. The average Bonchev–Trinajstić information content (AvgIpc) is 2.51. The van der Waals surface area contributed by atoms with Crippen molar-refractivity contribution in [2.24, 2.45) is 0 Å². The third-order valence-electron chi connectivity index (χ3n) is 2.73. The molecule has 1 aromatic carbocycles. The van der Waals surface area contributed by atoms with Crippen molar-refractivity contribution in [1.29, 1.82) is 0 Å². The Morgan fingerprint density at radius 2 is 1.43 bits per heavy atom. The fourth-order valence-electron chi connectivity index (χ4n) is 1.82. The van der Waals surface area contributed by atoms with Gasteiger partial charge in [0.1, 0.15) is 0 Å². The molecule has 5 nitrogen and oxygen atoms in total. The molecule has 0 heterocycles. The van der Waals surface area contributed by atoms with Crippen molar-refractivity contribution < 1.29 is 23.7 Å². The lowest BCUT2D eigenvalue weighted by Crippen LogP contribution is -2.19. The van der Waals surface area contributed by atoms with E-state index in [9.17, 15) is 0 Å². The van der Waals surface area contributed by atoms with Crippen molar-refractivity contribution in [3.63, 3.8) is 0 Å². The van der Waals surface area contributed by atoms with Gasteiger partial charge in [-0.2, -0.15) is 0 Å². The number of methoxy groups -OCH3 is 3.